The largest absolute Gasteiger partial charge is 0.208 e. The van der Waals surface area contributed by atoms with Crippen LogP contribution in [0.2, 0.25) is 0 Å². The molecule has 6 aromatic rings. The van der Waals surface area contributed by atoms with Crippen LogP contribution in [0.5, 0.6) is 0 Å². The third kappa shape index (κ3) is 7.44. The van der Waals surface area contributed by atoms with E-state index in [0.29, 0.717) is 11.6 Å². The molecule has 1 heterocycles. The monoisotopic (exact) mass is 713 g/mol. The molecule has 1 saturated carbocycles. The maximum Gasteiger partial charge on any atom is 0.164 e. The van der Waals surface area contributed by atoms with E-state index < -0.39 is 0 Å². The first-order chi connectivity index (χ1) is 27.2. The summed E-state index contributed by atoms with van der Waals surface area (Å²) in [7, 11) is 0. The molecule has 3 aliphatic rings. The molecule has 3 nitrogen and oxygen atoms in total. The van der Waals surface area contributed by atoms with Gasteiger partial charge in [0.2, 0.25) is 0 Å². The summed E-state index contributed by atoms with van der Waals surface area (Å²) in [5, 5.41) is 0. The molecule has 0 atom stereocenters. The van der Waals surface area contributed by atoms with Crippen LogP contribution in [0.1, 0.15) is 86.7 Å². The Morgan fingerprint density at radius 3 is 1.27 bits per heavy atom. The Labute approximate surface area is 326 Å². The van der Waals surface area contributed by atoms with Gasteiger partial charge in [0.1, 0.15) is 0 Å². The first kappa shape index (κ1) is 34.8. The van der Waals surface area contributed by atoms with Crippen molar-refractivity contribution in [1.29, 1.82) is 0 Å². The van der Waals surface area contributed by atoms with Crippen LogP contribution in [-0.2, 0) is 5.41 Å². The highest BCUT2D eigenvalue weighted by atomic mass is 15.0. The van der Waals surface area contributed by atoms with E-state index in [1.54, 1.807) is 0 Å². The van der Waals surface area contributed by atoms with Crippen molar-refractivity contribution in [2.24, 2.45) is 0 Å². The van der Waals surface area contributed by atoms with Gasteiger partial charge in [-0.3, -0.25) is 0 Å². The number of aromatic nitrogens is 3. The average molecular weight is 714 g/mol. The zero-order chi connectivity index (χ0) is 36.9. The Balaban J connectivity index is 1.03. The van der Waals surface area contributed by atoms with Gasteiger partial charge in [0.05, 0.1) is 0 Å². The second kappa shape index (κ2) is 15.8. The molecule has 0 saturated heterocycles. The van der Waals surface area contributed by atoms with Gasteiger partial charge in [-0.05, 0) is 83.0 Å². The Bertz CT molecular complexity index is 2370. The van der Waals surface area contributed by atoms with Gasteiger partial charge in [-0.2, -0.15) is 0 Å². The summed E-state index contributed by atoms with van der Waals surface area (Å²) in [5.41, 5.74) is 13.4. The molecule has 1 aromatic heterocycles. The van der Waals surface area contributed by atoms with E-state index in [9.17, 15) is 0 Å². The number of hydrogen-bond donors (Lipinski definition) is 0. The van der Waals surface area contributed by atoms with Gasteiger partial charge < -0.3 is 0 Å². The highest BCUT2D eigenvalue weighted by Gasteiger charge is 2.35. The summed E-state index contributed by atoms with van der Waals surface area (Å²) in [6.45, 7) is 0. The third-order valence-electron chi connectivity index (χ3n) is 11.8. The van der Waals surface area contributed by atoms with Gasteiger partial charge in [-0.1, -0.05) is 190 Å². The molecule has 0 N–H and O–H groups in total. The lowest BCUT2D eigenvalue weighted by Gasteiger charge is -2.34. The summed E-state index contributed by atoms with van der Waals surface area (Å²) in [6, 6.07) is 46.8. The van der Waals surface area contributed by atoms with Crippen LogP contribution in [0.3, 0.4) is 0 Å². The van der Waals surface area contributed by atoms with Gasteiger partial charge in [-0.25, -0.2) is 15.0 Å². The number of hydrogen-bond acceptors (Lipinski definition) is 3. The number of rotatable bonds is 8. The van der Waals surface area contributed by atoms with Crippen LogP contribution in [0.15, 0.2) is 164 Å². The fraction of sp³-hybridized carbons (Fsp3) is 0.212. The minimum atomic E-state index is -0.0230. The lowest BCUT2D eigenvalue weighted by Crippen LogP contribution is -2.27. The van der Waals surface area contributed by atoms with E-state index in [1.807, 2.05) is 0 Å². The molecule has 3 heteroatoms. The smallest absolute Gasteiger partial charge is 0.164 e. The van der Waals surface area contributed by atoms with Crippen molar-refractivity contribution in [2.75, 3.05) is 0 Å². The quantitative estimate of drug-likeness (QED) is 0.147. The molecule has 0 amide bonds. The zero-order valence-corrected chi connectivity index (χ0v) is 31.5. The Kier molecular flexibility index (Phi) is 10.0. The van der Waals surface area contributed by atoms with Crippen LogP contribution in [0.25, 0.3) is 56.2 Å². The Morgan fingerprint density at radius 2 is 0.764 bits per heavy atom. The first-order valence-electron chi connectivity index (χ1n) is 20.2. The predicted molar refractivity (Wildman–Crippen MR) is 229 cm³/mol. The predicted octanol–water partition coefficient (Wildman–Crippen LogP) is 13.6. The minimum Gasteiger partial charge on any atom is -0.208 e. The van der Waals surface area contributed by atoms with Crippen molar-refractivity contribution in [3.63, 3.8) is 0 Å². The molecule has 1 fully saturated rings. The average Bonchev–Trinajstić information content (AvgIpc) is 3.55. The van der Waals surface area contributed by atoms with Crippen molar-refractivity contribution in [2.45, 2.75) is 69.6 Å². The van der Waals surface area contributed by atoms with Crippen LogP contribution < -0.4 is 0 Å². The zero-order valence-electron chi connectivity index (χ0n) is 31.5. The molecule has 0 radical (unpaired) electrons. The van der Waals surface area contributed by atoms with E-state index in [4.69, 9.17) is 15.0 Å². The molecule has 0 spiro atoms. The van der Waals surface area contributed by atoms with E-state index in [-0.39, 0.29) is 5.41 Å². The van der Waals surface area contributed by atoms with Crippen LogP contribution >= 0.6 is 0 Å². The summed E-state index contributed by atoms with van der Waals surface area (Å²) < 4.78 is 0. The summed E-state index contributed by atoms with van der Waals surface area (Å²) >= 11 is 0. The van der Waals surface area contributed by atoms with E-state index in [1.165, 1.54) is 70.2 Å². The molecular weight excluding hydrogens is 667 g/mol. The summed E-state index contributed by atoms with van der Waals surface area (Å²) in [6.07, 6.45) is 25.2. The Hall–Kier alpha value is -5.93. The van der Waals surface area contributed by atoms with Crippen molar-refractivity contribution < 1.29 is 0 Å². The Morgan fingerprint density at radius 1 is 0.345 bits per heavy atom. The lowest BCUT2D eigenvalue weighted by molar-refractivity contribution is 0.446. The molecule has 0 bridgehead atoms. The van der Waals surface area contributed by atoms with Crippen LogP contribution in [0.4, 0.5) is 0 Å². The van der Waals surface area contributed by atoms with Crippen molar-refractivity contribution in [3.05, 3.63) is 186 Å². The fourth-order valence-electron chi connectivity index (χ4n) is 8.66. The molecular formula is C52H47N3. The standard InChI is InChI=1S/C52H47N3/c1-2-13-37-52(36-12-1,47-32-28-43(29-33-47)42-22-20-40(21-23-42)38-14-6-3-7-15-38)48-34-30-46(31-35-48)51-54-49(44-18-10-5-11-19-44)53-50(55-51)45-26-24-41(25-27-45)39-16-8-4-9-17-39/h4,6,8-10,14-35H,1-3,5,7,11-13,36-37H2. The van der Waals surface area contributed by atoms with E-state index in [2.05, 4.69) is 164 Å². The van der Waals surface area contributed by atoms with Crippen molar-refractivity contribution in [3.8, 4) is 45.0 Å². The van der Waals surface area contributed by atoms with Crippen molar-refractivity contribution in [1.82, 2.24) is 15.0 Å². The van der Waals surface area contributed by atoms with Gasteiger partial charge in [0.25, 0.3) is 0 Å². The first-order valence-corrected chi connectivity index (χ1v) is 20.2. The highest BCUT2D eigenvalue weighted by Crippen LogP contribution is 2.45. The maximum atomic E-state index is 5.09. The van der Waals surface area contributed by atoms with Crippen LogP contribution in [0, 0.1) is 0 Å². The second-order valence-corrected chi connectivity index (χ2v) is 15.3. The SMILES string of the molecule is C1=CC(c2ccc(-c3ccc(C4(c5ccc(-c6nc(C7=CCCC=C7)nc(-c7ccc(-c8ccccc8)cc7)n6)cc5)CCCCCC4)cc3)cc2)=CCC1. The summed E-state index contributed by atoms with van der Waals surface area (Å²) in [4.78, 5) is 15.2. The summed E-state index contributed by atoms with van der Waals surface area (Å²) in [5.74, 6) is 2.13. The fourth-order valence-corrected chi connectivity index (χ4v) is 8.66. The third-order valence-corrected chi connectivity index (χ3v) is 11.8. The maximum absolute atomic E-state index is 5.09. The lowest BCUT2D eigenvalue weighted by atomic mass is 9.69. The number of nitrogens with zero attached hydrogens (tertiary/aromatic N) is 3. The molecule has 0 unspecified atom stereocenters. The van der Waals surface area contributed by atoms with Gasteiger partial charge >= 0.3 is 0 Å². The highest BCUT2D eigenvalue weighted by molar-refractivity contribution is 5.77. The number of benzene rings is 5. The molecule has 5 aromatic carbocycles. The molecule has 55 heavy (non-hydrogen) atoms. The molecule has 3 aliphatic carbocycles. The topological polar surface area (TPSA) is 38.7 Å². The number of allylic oxidation sites excluding steroid dienone is 8. The molecule has 9 rings (SSSR count). The van der Waals surface area contributed by atoms with Crippen LogP contribution in [-0.4, -0.2) is 15.0 Å². The van der Waals surface area contributed by atoms with E-state index >= 15 is 0 Å². The van der Waals surface area contributed by atoms with Gasteiger partial charge in [-0.15, -0.1) is 0 Å². The second-order valence-electron chi connectivity index (χ2n) is 15.3. The van der Waals surface area contributed by atoms with Crippen molar-refractivity contribution >= 4 is 11.1 Å². The van der Waals surface area contributed by atoms with Gasteiger partial charge in [0, 0.05) is 22.1 Å². The molecule has 270 valence electrons. The minimum absolute atomic E-state index is 0.0230. The van der Waals surface area contributed by atoms with E-state index in [0.717, 1.165) is 61.0 Å². The normalized spacial score (nSPS) is 16.6. The molecule has 0 aliphatic heterocycles. The van der Waals surface area contributed by atoms with Gasteiger partial charge in [0.15, 0.2) is 17.5 Å².